The van der Waals surface area contributed by atoms with Crippen molar-refractivity contribution in [3.8, 4) is 0 Å². The first-order valence-corrected chi connectivity index (χ1v) is 8.20. The fourth-order valence-corrected chi connectivity index (χ4v) is 3.34. The van der Waals surface area contributed by atoms with Crippen LogP contribution in [-0.2, 0) is 5.41 Å². The van der Waals surface area contributed by atoms with Crippen molar-refractivity contribution < 1.29 is 0 Å². The summed E-state index contributed by atoms with van der Waals surface area (Å²) in [6.45, 7) is 7.05. The summed E-state index contributed by atoms with van der Waals surface area (Å²) in [5, 5.41) is 4.58. The lowest BCUT2D eigenvalue weighted by atomic mass is 9.75. The molecule has 0 aromatic carbocycles. The summed E-state index contributed by atoms with van der Waals surface area (Å²) in [4.78, 5) is 0. The first kappa shape index (κ1) is 14.8. The van der Waals surface area contributed by atoms with Gasteiger partial charge in [-0.2, -0.15) is 11.3 Å². The average Bonchev–Trinajstić information content (AvgIpc) is 2.86. The summed E-state index contributed by atoms with van der Waals surface area (Å²) < 4.78 is 0. The Kier molecular flexibility index (Phi) is 6.87. The van der Waals surface area contributed by atoms with Crippen LogP contribution >= 0.6 is 11.3 Å². The molecule has 0 amide bonds. The van der Waals surface area contributed by atoms with Gasteiger partial charge >= 0.3 is 0 Å². The minimum absolute atomic E-state index is 0.434. The summed E-state index contributed by atoms with van der Waals surface area (Å²) >= 11 is 1.84. The summed E-state index contributed by atoms with van der Waals surface area (Å²) in [7, 11) is 0. The van der Waals surface area contributed by atoms with E-state index in [2.05, 4.69) is 37.6 Å². The quantitative estimate of drug-likeness (QED) is 0.461. The molecule has 0 spiro atoms. The summed E-state index contributed by atoms with van der Waals surface area (Å²) in [6.07, 6.45) is 10.9. The lowest BCUT2D eigenvalue weighted by Gasteiger charge is -2.29. The zero-order valence-corrected chi connectivity index (χ0v) is 12.6. The van der Waals surface area contributed by atoms with Crippen LogP contribution in [0, 0.1) is 0 Å². The van der Waals surface area contributed by atoms with Gasteiger partial charge in [-0.3, -0.25) is 0 Å². The molecule has 0 bridgehead atoms. The first-order chi connectivity index (χ1) is 8.23. The Hall–Kier alpha value is -0.300. The molecule has 0 N–H and O–H groups in total. The van der Waals surface area contributed by atoms with Gasteiger partial charge < -0.3 is 0 Å². The van der Waals surface area contributed by atoms with Gasteiger partial charge in [0.15, 0.2) is 0 Å². The standard InChI is InChI=1S/C16H28S/c1-4-6-8-9-12-16(3,11-7-5-2)15-10-13-17-14-15/h10,13-14H,4-9,11-12H2,1-3H3. The Bertz CT molecular complexity index is 276. The Balaban J connectivity index is 2.53. The first-order valence-electron chi connectivity index (χ1n) is 7.25. The second kappa shape index (κ2) is 7.92. The molecule has 0 nitrogen and oxygen atoms in total. The van der Waals surface area contributed by atoms with Gasteiger partial charge in [-0.15, -0.1) is 0 Å². The van der Waals surface area contributed by atoms with Gasteiger partial charge in [-0.25, -0.2) is 0 Å². The van der Waals surface area contributed by atoms with Crippen LogP contribution in [0.5, 0.6) is 0 Å². The van der Waals surface area contributed by atoms with Crippen molar-refractivity contribution in [1.82, 2.24) is 0 Å². The maximum absolute atomic E-state index is 2.47. The molecule has 1 heteroatoms. The molecule has 0 aliphatic carbocycles. The molecule has 1 unspecified atom stereocenters. The van der Waals surface area contributed by atoms with Gasteiger partial charge in [0.25, 0.3) is 0 Å². The zero-order valence-electron chi connectivity index (χ0n) is 11.8. The lowest BCUT2D eigenvalue weighted by molar-refractivity contribution is 0.370. The fourth-order valence-electron chi connectivity index (χ4n) is 2.53. The number of hydrogen-bond acceptors (Lipinski definition) is 1. The van der Waals surface area contributed by atoms with Crippen molar-refractivity contribution in [3.63, 3.8) is 0 Å². The van der Waals surface area contributed by atoms with Crippen LogP contribution in [-0.4, -0.2) is 0 Å². The molecule has 1 aromatic rings. The average molecular weight is 252 g/mol. The molecule has 0 saturated carbocycles. The van der Waals surface area contributed by atoms with Crippen LogP contribution in [0.2, 0.25) is 0 Å². The molecule has 0 aliphatic rings. The minimum Gasteiger partial charge on any atom is -0.152 e. The second-order valence-electron chi connectivity index (χ2n) is 5.49. The number of thiophene rings is 1. The predicted octanol–water partition coefficient (Wildman–Crippen LogP) is 6.17. The Morgan fingerprint density at radius 3 is 2.29 bits per heavy atom. The minimum atomic E-state index is 0.434. The lowest BCUT2D eigenvalue weighted by Crippen LogP contribution is -2.21. The van der Waals surface area contributed by atoms with Crippen LogP contribution in [0.1, 0.15) is 77.7 Å². The highest BCUT2D eigenvalue weighted by atomic mass is 32.1. The van der Waals surface area contributed by atoms with E-state index >= 15 is 0 Å². The third-order valence-electron chi connectivity index (χ3n) is 3.88. The van der Waals surface area contributed by atoms with Crippen LogP contribution in [0.15, 0.2) is 16.8 Å². The number of hydrogen-bond donors (Lipinski definition) is 0. The maximum Gasteiger partial charge on any atom is -0.00557 e. The van der Waals surface area contributed by atoms with Crippen LogP contribution in [0.25, 0.3) is 0 Å². The summed E-state index contributed by atoms with van der Waals surface area (Å²) in [5.74, 6) is 0. The Labute approximate surface area is 111 Å². The predicted molar refractivity (Wildman–Crippen MR) is 80.0 cm³/mol. The van der Waals surface area contributed by atoms with Crippen molar-refractivity contribution in [1.29, 1.82) is 0 Å². The van der Waals surface area contributed by atoms with Gasteiger partial charge in [0, 0.05) is 0 Å². The highest BCUT2D eigenvalue weighted by Crippen LogP contribution is 2.36. The monoisotopic (exact) mass is 252 g/mol. The highest BCUT2D eigenvalue weighted by Gasteiger charge is 2.25. The zero-order chi connectivity index (χ0) is 12.6. The third kappa shape index (κ3) is 4.83. The molecule has 0 fully saturated rings. The number of rotatable bonds is 9. The van der Waals surface area contributed by atoms with Crippen LogP contribution in [0.3, 0.4) is 0 Å². The molecule has 0 aliphatic heterocycles. The Morgan fingerprint density at radius 2 is 1.71 bits per heavy atom. The topological polar surface area (TPSA) is 0 Å². The van der Waals surface area contributed by atoms with Crippen molar-refractivity contribution in [3.05, 3.63) is 22.4 Å². The van der Waals surface area contributed by atoms with Gasteiger partial charge in [0.1, 0.15) is 0 Å². The Morgan fingerprint density at radius 1 is 1.00 bits per heavy atom. The van der Waals surface area contributed by atoms with Crippen molar-refractivity contribution >= 4 is 11.3 Å². The third-order valence-corrected chi connectivity index (χ3v) is 4.57. The molecule has 0 radical (unpaired) electrons. The van der Waals surface area contributed by atoms with E-state index in [1.54, 1.807) is 5.56 Å². The molecule has 98 valence electrons. The smallest absolute Gasteiger partial charge is 0.00557 e. The number of unbranched alkanes of at least 4 members (excludes halogenated alkanes) is 4. The molecule has 17 heavy (non-hydrogen) atoms. The van der Waals surface area contributed by atoms with Gasteiger partial charge in [0.05, 0.1) is 0 Å². The van der Waals surface area contributed by atoms with E-state index in [1.165, 1.54) is 51.4 Å². The SMILES string of the molecule is CCCCCCC(C)(CCCC)c1ccsc1. The van der Waals surface area contributed by atoms with Crippen molar-refractivity contribution in [2.75, 3.05) is 0 Å². The van der Waals surface area contributed by atoms with Gasteiger partial charge in [-0.1, -0.05) is 59.3 Å². The van der Waals surface area contributed by atoms with E-state index in [0.29, 0.717) is 5.41 Å². The maximum atomic E-state index is 2.47. The molecule has 1 heterocycles. The van der Waals surface area contributed by atoms with E-state index in [-0.39, 0.29) is 0 Å². The normalized spacial score (nSPS) is 14.8. The molecule has 1 rings (SSSR count). The molecular formula is C16H28S. The van der Waals surface area contributed by atoms with E-state index in [4.69, 9.17) is 0 Å². The molecule has 1 atom stereocenters. The second-order valence-corrected chi connectivity index (χ2v) is 6.27. The molecular weight excluding hydrogens is 224 g/mol. The van der Waals surface area contributed by atoms with E-state index < -0.39 is 0 Å². The van der Waals surface area contributed by atoms with Gasteiger partial charge in [-0.05, 0) is 40.6 Å². The van der Waals surface area contributed by atoms with Crippen LogP contribution in [0.4, 0.5) is 0 Å². The van der Waals surface area contributed by atoms with Crippen LogP contribution < -0.4 is 0 Å². The van der Waals surface area contributed by atoms with E-state index in [9.17, 15) is 0 Å². The van der Waals surface area contributed by atoms with E-state index in [0.717, 1.165) is 0 Å². The molecule has 1 aromatic heterocycles. The van der Waals surface area contributed by atoms with Gasteiger partial charge in [0.2, 0.25) is 0 Å². The largest absolute Gasteiger partial charge is 0.152 e. The fraction of sp³-hybridized carbons (Fsp3) is 0.750. The summed E-state index contributed by atoms with van der Waals surface area (Å²) in [6, 6.07) is 2.33. The van der Waals surface area contributed by atoms with Crippen molar-refractivity contribution in [2.24, 2.45) is 0 Å². The highest BCUT2D eigenvalue weighted by molar-refractivity contribution is 7.08. The molecule has 0 saturated heterocycles. The van der Waals surface area contributed by atoms with E-state index in [1.807, 2.05) is 11.3 Å². The summed E-state index contributed by atoms with van der Waals surface area (Å²) in [5.41, 5.74) is 2.01. The van der Waals surface area contributed by atoms with Crippen molar-refractivity contribution in [2.45, 2.75) is 77.6 Å².